The van der Waals surface area contributed by atoms with Crippen LogP contribution in [0.2, 0.25) is 0 Å². The number of nitrogens with one attached hydrogen (secondary N) is 1. The maximum Gasteiger partial charge on any atom is 0.0368 e. The lowest BCUT2D eigenvalue weighted by molar-refractivity contribution is 0.695. The van der Waals surface area contributed by atoms with Gasteiger partial charge in [0, 0.05) is 36.8 Å². The molecule has 0 unspecified atom stereocenters. The molecular formula is C15H15Br2NS. The second-order valence-corrected chi connectivity index (χ2v) is 7.90. The number of benzene rings is 1. The predicted octanol–water partition coefficient (Wildman–Crippen LogP) is 5.50. The molecule has 0 aliphatic heterocycles. The molecule has 0 amide bonds. The molecule has 1 N–H and O–H groups in total. The van der Waals surface area contributed by atoms with Crippen LogP contribution in [0.25, 0.3) is 10.4 Å². The predicted molar refractivity (Wildman–Crippen MR) is 89.8 cm³/mol. The second kappa shape index (κ2) is 5.68. The third-order valence-corrected chi connectivity index (χ3v) is 5.59. The van der Waals surface area contributed by atoms with Crippen LogP contribution in [0.5, 0.6) is 0 Å². The van der Waals surface area contributed by atoms with Crippen LogP contribution < -0.4 is 5.32 Å². The fourth-order valence-electron chi connectivity index (χ4n) is 2.07. The van der Waals surface area contributed by atoms with Gasteiger partial charge in [-0.25, -0.2) is 0 Å². The third-order valence-electron chi connectivity index (χ3n) is 3.24. The average Bonchev–Trinajstić information content (AvgIpc) is 3.05. The minimum absolute atomic E-state index is 0.767. The van der Waals surface area contributed by atoms with Gasteiger partial charge in [0.25, 0.3) is 0 Å². The van der Waals surface area contributed by atoms with Gasteiger partial charge in [-0.05, 0) is 49.6 Å². The quantitative estimate of drug-likeness (QED) is 0.714. The highest BCUT2D eigenvalue weighted by Crippen LogP contribution is 2.39. The largest absolute Gasteiger partial charge is 0.309 e. The van der Waals surface area contributed by atoms with E-state index in [1.54, 1.807) is 0 Å². The molecule has 1 aliphatic carbocycles. The molecule has 1 aromatic carbocycles. The molecule has 1 nitrogen and oxygen atoms in total. The van der Waals surface area contributed by atoms with Crippen LogP contribution in [0.4, 0.5) is 0 Å². The summed E-state index contributed by atoms with van der Waals surface area (Å²) in [6, 6.07) is 9.55. The Kier molecular flexibility index (Phi) is 4.13. The van der Waals surface area contributed by atoms with Crippen molar-refractivity contribution >= 4 is 43.2 Å². The molecular weight excluding hydrogens is 386 g/mol. The molecule has 4 heteroatoms. The summed E-state index contributed by atoms with van der Waals surface area (Å²) in [5.74, 6) is 0. The van der Waals surface area contributed by atoms with Gasteiger partial charge in [0.1, 0.15) is 0 Å². The Hall–Kier alpha value is -0.160. The molecule has 0 bridgehead atoms. The first-order chi connectivity index (χ1) is 9.13. The molecule has 1 fully saturated rings. The summed E-state index contributed by atoms with van der Waals surface area (Å²) in [6.45, 7) is 3.11. The number of hydrogen-bond donors (Lipinski definition) is 1. The highest BCUT2D eigenvalue weighted by atomic mass is 79.9. The minimum atomic E-state index is 0.767. The van der Waals surface area contributed by atoms with E-state index in [2.05, 4.69) is 68.4 Å². The lowest BCUT2D eigenvalue weighted by atomic mass is 10.1. The summed E-state index contributed by atoms with van der Waals surface area (Å²) in [7, 11) is 0. The van der Waals surface area contributed by atoms with Crippen molar-refractivity contribution in [3.05, 3.63) is 43.7 Å². The summed E-state index contributed by atoms with van der Waals surface area (Å²) >= 11 is 9.22. The molecule has 0 spiro atoms. The van der Waals surface area contributed by atoms with Crippen molar-refractivity contribution in [3.8, 4) is 10.4 Å². The van der Waals surface area contributed by atoms with Gasteiger partial charge in [0.05, 0.1) is 0 Å². The Labute approximate surface area is 134 Å². The summed E-state index contributed by atoms with van der Waals surface area (Å²) in [5.41, 5.74) is 2.52. The van der Waals surface area contributed by atoms with E-state index in [9.17, 15) is 0 Å². The van der Waals surface area contributed by atoms with Crippen molar-refractivity contribution in [2.24, 2.45) is 0 Å². The fraction of sp³-hybridized carbons (Fsp3) is 0.333. The first kappa shape index (κ1) is 13.8. The van der Waals surface area contributed by atoms with Crippen LogP contribution in [0.3, 0.4) is 0 Å². The zero-order valence-electron chi connectivity index (χ0n) is 10.7. The van der Waals surface area contributed by atoms with Gasteiger partial charge in [-0.15, -0.1) is 11.3 Å². The first-order valence-corrected chi connectivity index (χ1v) is 8.82. The van der Waals surface area contributed by atoms with Crippen LogP contribution in [-0.4, -0.2) is 6.04 Å². The normalized spacial score (nSPS) is 14.9. The summed E-state index contributed by atoms with van der Waals surface area (Å²) in [6.07, 6.45) is 2.68. The Morgan fingerprint density at radius 2 is 1.89 bits per heavy atom. The zero-order valence-corrected chi connectivity index (χ0v) is 14.7. The van der Waals surface area contributed by atoms with Gasteiger partial charge in [-0.1, -0.05) is 31.9 Å². The number of thiophene rings is 1. The summed E-state index contributed by atoms with van der Waals surface area (Å²) in [5, 5.41) is 3.56. The number of halogens is 2. The van der Waals surface area contributed by atoms with Gasteiger partial charge in [0.15, 0.2) is 0 Å². The van der Waals surface area contributed by atoms with E-state index < -0.39 is 0 Å². The Morgan fingerprint density at radius 1 is 1.21 bits per heavy atom. The highest BCUT2D eigenvalue weighted by molar-refractivity contribution is 9.11. The smallest absolute Gasteiger partial charge is 0.0368 e. The van der Waals surface area contributed by atoms with Crippen molar-refractivity contribution in [2.75, 3.05) is 0 Å². The Balaban J connectivity index is 1.85. The molecule has 19 heavy (non-hydrogen) atoms. The molecule has 1 saturated carbocycles. The van der Waals surface area contributed by atoms with Crippen molar-refractivity contribution < 1.29 is 0 Å². The van der Waals surface area contributed by atoms with Gasteiger partial charge in [0.2, 0.25) is 0 Å². The first-order valence-electron chi connectivity index (χ1n) is 6.41. The molecule has 2 aromatic rings. The van der Waals surface area contributed by atoms with Gasteiger partial charge < -0.3 is 5.32 Å². The average molecular weight is 401 g/mol. The standard InChI is InChI=1S/C15H15Br2NS/c1-9-6-12(16)15(13(17)7-9)14-5-4-11(19-14)8-18-10-2-3-10/h4-7,10,18H,2-3,8H2,1H3. The van der Waals surface area contributed by atoms with Crippen LogP contribution in [-0.2, 0) is 6.54 Å². The fourth-order valence-corrected chi connectivity index (χ4v) is 5.21. The van der Waals surface area contributed by atoms with E-state index >= 15 is 0 Å². The monoisotopic (exact) mass is 399 g/mol. The summed E-state index contributed by atoms with van der Waals surface area (Å²) in [4.78, 5) is 2.72. The third kappa shape index (κ3) is 3.30. The number of rotatable bonds is 4. The molecule has 0 radical (unpaired) electrons. The number of hydrogen-bond acceptors (Lipinski definition) is 2. The molecule has 1 heterocycles. The number of aryl methyl sites for hydroxylation is 1. The lowest BCUT2D eigenvalue weighted by Gasteiger charge is -2.06. The van der Waals surface area contributed by atoms with E-state index in [4.69, 9.17) is 0 Å². The van der Waals surface area contributed by atoms with Gasteiger partial charge in [-0.2, -0.15) is 0 Å². The van der Waals surface area contributed by atoms with Crippen LogP contribution in [0.1, 0.15) is 23.3 Å². The van der Waals surface area contributed by atoms with Crippen molar-refractivity contribution in [1.29, 1.82) is 0 Å². The second-order valence-electron chi connectivity index (χ2n) is 5.02. The Bertz CT molecular complexity index is 579. The van der Waals surface area contributed by atoms with Crippen LogP contribution in [0, 0.1) is 6.92 Å². The van der Waals surface area contributed by atoms with Gasteiger partial charge >= 0.3 is 0 Å². The molecule has 100 valence electrons. The van der Waals surface area contributed by atoms with E-state index in [0.29, 0.717) is 0 Å². The molecule has 0 saturated heterocycles. The SMILES string of the molecule is Cc1cc(Br)c(-c2ccc(CNC3CC3)s2)c(Br)c1. The van der Waals surface area contributed by atoms with Crippen molar-refractivity contribution in [2.45, 2.75) is 32.4 Å². The molecule has 3 rings (SSSR count). The lowest BCUT2D eigenvalue weighted by Crippen LogP contribution is -2.14. The Morgan fingerprint density at radius 3 is 2.53 bits per heavy atom. The van der Waals surface area contributed by atoms with Crippen molar-refractivity contribution in [3.63, 3.8) is 0 Å². The highest BCUT2D eigenvalue weighted by Gasteiger charge is 2.20. The van der Waals surface area contributed by atoms with E-state index in [1.165, 1.54) is 33.7 Å². The molecule has 0 atom stereocenters. The van der Waals surface area contributed by atoms with Crippen LogP contribution >= 0.6 is 43.2 Å². The maximum absolute atomic E-state index is 3.68. The topological polar surface area (TPSA) is 12.0 Å². The maximum atomic E-state index is 3.68. The molecule has 1 aromatic heterocycles. The van der Waals surface area contributed by atoms with E-state index in [-0.39, 0.29) is 0 Å². The summed E-state index contributed by atoms with van der Waals surface area (Å²) < 4.78 is 2.31. The zero-order chi connectivity index (χ0) is 13.4. The van der Waals surface area contributed by atoms with Crippen LogP contribution in [0.15, 0.2) is 33.2 Å². The van der Waals surface area contributed by atoms with Gasteiger partial charge in [-0.3, -0.25) is 0 Å². The molecule has 1 aliphatic rings. The van der Waals surface area contributed by atoms with Crippen molar-refractivity contribution in [1.82, 2.24) is 5.32 Å². The minimum Gasteiger partial charge on any atom is -0.309 e. The van der Waals surface area contributed by atoms with E-state index in [0.717, 1.165) is 21.5 Å². The van der Waals surface area contributed by atoms with E-state index in [1.807, 2.05) is 11.3 Å².